The molecule has 0 spiro atoms. The SMILES string of the molecule is Cc1cccc2c1OC(C(=O)NS(=O)(=O)C1(C)CC1)C2. The maximum Gasteiger partial charge on any atom is 0.274 e. The maximum atomic E-state index is 12.1. The largest absolute Gasteiger partial charge is 0.480 e. The van der Waals surface area contributed by atoms with Crippen LogP contribution in [0.3, 0.4) is 0 Å². The molecule has 1 amide bonds. The first-order chi connectivity index (χ1) is 9.32. The molecule has 1 aliphatic carbocycles. The van der Waals surface area contributed by atoms with Crippen LogP contribution < -0.4 is 9.46 Å². The molecule has 108 valence electrons. The van der Waals surface area contributed by atoms with Crippen molar-refractivity contribution in [3.05, 3.63) is 29.3 Å². The molecule has 6 heteroatoms. The number of hydrogen-bond donors (Lipinski definition) is 1. The van der Waals surface area contributed by atoms with Gasteiger partial charge in [0.15, 0.2) is 6.10 Å². The Morgan fingerprint density at radius 2 is 2.10 bits per heavy atom. The molecule has 1 fully saturated rings. The summed E-state index contributed by atoms with van der Waals surface area (Å²) in [5.41, 5.74) is 1.90. The number of amides is 1. The molecule has 1 atom stereocenters. The van der Waals surface area contributed by atoms with Crippen LogP contribution in [0.15, 0.2) is 18.2 Å². The van der Waals surface area contributed by atoms with E-state index in [1.807, 2.05) is 25.1 Å². The van der Waals surface area contributed by atoms with Gasteiger partial charge in [-0.3, -0.25) is 4.79 Å². The Labute approximate surface area is 118 Å². The third kappa shape index (κ3) is 2.08. The fraction of sp³-hybridized carbons (Fsp3) is 0.500. The molecule has 1 N–H and O–H groups in total. The number of hydrogen-bond acceptors (Lipinski definition) is 4. The number of aryl methyl sites for hydroxylation is 1. The highest BCUT2D eigenvalue weighted by atomic mass is 32.2. The van der Waals surface area contributed by atoms with Crippen LogP contribution in [0.4, 0.5) is 0 Å². The number of carbonyl (C=O) groups excluding carboxylic acids is 1. The second-order valence-corrected chi connectivity index (χ2v) is 7.99. The first kappa shape index (κ1) is 13.4. The molecule has 5 nitrogen and oxygen atoms in total. The molecule has 1 saturated carbocycles. The van der Waals surface area contributed by atoms with Gasteiger partial charge in [0.2, 0.25) is 10.0 Å². The van der Waals surface area contributed by atoms with Gasteiger partial charge in [0.05, 0.1) is 4.75 Å². The number of ether oxygens (including phenoxy) is 1. The van der Waals surface area contributed by atoms with E-state index >= 15 is 0 Å². The summed E-state index contributed by atoms with van der Waals surface area (Å²) in [6.45, 7) is 3.55. The van der Waals surface area contributed by atoms with Gasteiger partial charge in [-0.05, 0) is 37.8 Å². The molecule has 1 unspecified atom stereocenters. The van der Waals surface area contributed by atoms with Crippen LogP contribution in [0, 0.1) is 6.92 Å². The lowest BCUT2D eigenvalue weighted by atomic mass is 10.1. The lowest BCUT2D eigenvalue weighted by Gasteiger charge is -2.15. The second kappa shape index (κ2) is 4.22. The van der Waals surface area contributed by atoms with Crippen molar-refractivity contribution in [2.45, 2.75) is 44.0 Å². The maximum absolute atomic E-state index is 12.1. The topological polar surface area (TPSA) is 72.5 Å². The van der Waals surface area contributed by atoms with Gasteiger partial charge in [-0.25, -0.2) is 13.1 Å². The minimum Gasteiger partial charge on any atom is -0.480 e. The fourth-order valence-electron chi connectivity index (χ4n) is 2.34. The van der Waals surface area contributed by atoms with Crippen molar-refractivity contribution < 1.29 is 17.9 Å². The Bertz CT molecular complexity index is 676. The molecule has 0 bridgehead atoms. The summed E-state index contributed by atoms with van der Waals surface area (Å²) >= 11 is 0. The third-order valence-corrected chi connectivity index (χ3v) is 6.26. The molecular formula is C14H17NO4S. The van der Waals surface area contributed by atoms with Crippen molar-refractivity contribution >= 4 is 15.9 Å². The highest BCUT2D eigenvalue weighted by Crippen LogP contribution is 2.42. The third-order valence-electron chi connectivity index (χ3n) is 4.09. The zero-order valence-electron chi connectivity index (χ0n) is 11.5. The number of nitrogens with one attached hydrogen (secondary N) is 1. The van der Waals surface area contributed by atoms with E-state index in [9.17, 15) is 13.2 Å². The van der Waals surface area contributed by atoms with Crippen molar-refractivity contribution in [1.29, 1.82) is 0 Å². The zero-order valence-corrected chi connectivity index (χ0v) is 12.3. The van der Waals surface area contributed by atoms with Gasteiger partial charge in [-0.1, -0.05) is 18.2 Å². The van der Waals surface area contributed by atoms with Gasteiger partial charge < -0.3 is 4.74 Å². The number of sulfonamides is 1. The van der Waals surface area contributed by atoms with Gasteiger partial charge >= 0.3 is 0 Å². The molecule has 0 radical (unpaired) electrons. The average molecular weight is 295 g/mol. The van der Waals surface area contributed by atoms with Crippen LogP contribution in [-0.4, -0.2) is 25.2 Å². The zero-order chi connectivity index (χ0) is 14.5. The van der Waals surface area contributed by atoms with E-state index in [-0.39, 0.29) is 0 Å². The predicted octanol–water partition coefficient (Wildman–Crippen LogP) is 1.30. The van der Waals surface area contributed by atoms with Gasteiger partial charge in [0, 0.05) is 6.42 Å². The van der Waals surface area contributed by atoms with Crippen LogP contribution >= 0.6 is 0 Å². The Hall–Kier alpha value is -1.56. The van der Waals surface area contributed by atoms with Gasteiger partial charge in [-0.15, -0.1) is 0 Å². The van der Waals surface area contributed by atoms with Crippen LogP contribution in [0.5, 0.6) is 5.75 Å². The fourth-order valence-corrected chi connectivity index (χ4v) is 3.62. The first-order valence-corrected chi connectivity index (χ1v) is 8.12. The van der Waals surface area contributed by atoms with E-state index < -0.39 is 26.8 Å². The molecule has 2 aliphatic rings. The second-order valence-electron chi connectivity index (χ2n) is 5.79. The summed E-state index contributed by atoms with van der Waals surface area (Å²) < 4.78 is 31.0. The van der Waals surface area contributed by atoms with E-state index in [2.05, 4.69) is 4.72 Å². The molecule has 0 saturated heterocycles. The van der Waals surface area contributed by atoms with Crippen molar-refractivity contribution in [2.75, 3.05) is 0 Å². The summed E-state index contributed by atoms with van der Waals surface area (Å²) in [7, 11) is -3.60. The monoisotopic (exact) mass is 295 g/mol. The Morgan fingerprint density at radius 3 is 2.70 bits per heavy atom. The minimum absolute atomic E-state index is 0.412. The average Bonchev–Trinajstić information content (AvgIpc) is 2.98. The molecule has 1 heterocycles. The van der Waals surface area contributed by atoms with Gasteiger partial charge in [0.1, 0.15) is 5.75 Å². The molecule has 20 heavy (non-hydrogen) atoms. The Kier molecular flexibility index (Phi) is 2.83. The molecular weight excluding hydrogens is 278 g/mol. The highest BCUT2D eigenvalue weighted by Gasteiger charge is 2.51. The number of rotatable bonds is 3. The summed E-state index contributed by atoms with van der Waals surface area (Å²) in [6.07, 6.45) is 0.846. The van der Waals surface area contributed by atoms with E-state index in [1.165, 1.54) is 0 Å². The predicted molar refractivity (Wildman–Crippen MR) is 74.0 cm³/mol. The Balaban J connectivity index is 1.74. The summed E-state index contributed by atoms with van der Waals surface area (Å²) in [5.74, 6) is 0.122. The van der Waals surface area contributed by atoms with E-state index in [0.717, 1.165) is 11.1 Å². The van der Waals surface area contributed by atoms with Crippen molar-refractivity contribution in [2.24, 2.45) is 0 Å². The summed E-state index contributed by atoms with van der Waals surface area (Å²) in [4.78, 5) is 12.1. The summed E-state index contributed by atoms with van der Waals surface area (Å²) in [5, 5.41) is 0. The van der Waals surface area contributed by atoms with Crippen molar-refractivity contribution in [3.8, 4) is 5.75 Å². The van der Waals surface area contributed by atoms with Crippen molar-refractivity contribution in [3.63, 3.8) is 0 Å². The lowest BCUT2D eigenvalue weighted by Crippen LogP contribution is -2.45. The normalized spacial score (nSPS) is 22.8. The summed E-state index contributed by atoms with van der Waals surface area (Å²) in [6, 6.07) is 5.70. The number of benzene rings is 1. The molecule has 1 aliphatic heterocycles. The lowest BCUT2D eigenvalue weighted by molar-refractivity contribution is -0.125. The van der Waals surface area contributed by atoms with Gasteiger partial charge in [-0.2, -0.15) is 0 Å². The number of fused-ring (bicyclic) bond motifs is 1. The minimum atomic E-state index is -3.60. The van der Waals surface area contributed by atoms with E-state index in [1.54, 1.807) is 6.92 Å². The van der Waals surface area contributed by atoms with E-state index in [4.69, 9.17) is 4.74 Å². The van der Waals surface area contributed by atoms with Gasteiger partial charge in [0.25, 0.3) is 5.91 Å². The first-order valence-electron chi connectivity index (χ1n) is 6.64. The molecule has 3 rings (SSSR count). The number of carbonyl (C=O) groups is 1. The molecule has 1 aromatic rings. The molecule has 0 aromatic heterocycles. The quantitative estimate of drug-likeness (QED) is 0.912. The number of para-hydroxylation sites is 1. The molecule has 1 aromatic carbocycles. The van der Waals surface area contributed by atoms with Crippen LogP contribution in [0.2, 0.25) is 0 Å². The van der Waals surface area contributed by atoms with E-state index in [0.29, 0.717) is 25.0 Å². The van der Waals surface area contributed by atoms with Crippen molar-refractivity contribution in [1.82, 2.24) is 4.72 Å². The standard InChI is InChI=1S/C14H17NO4S/c1-9-4-3-5-10-8-11(19-12(9)10)13(16)15-20(17,18)14(2)6-7-14/h3-5,11H,6-8H2,1-2H3,(H,15,16). The smallest absolute Gasteiger partial charge is 0.274 e. The van der Waals surface area contributed by atoms with Crippen LogP contribution in [0.1, 0.15) is 30.9 Å². The van der Waals surface area contributed by atoms with Crippen LogP contribution in [0.25, 0.3) is 0 Å². The Morgan fingerprint density at radius 1 is 1.40 bits per heavy atom. The highest BCUT2D eigenvalue weighted by molar-refractivity contribution is 7.91. The van der Waals surface area contributed by atoms with Crippen LogP contribution in [-0.2, 0) is 21.2 Å².